The van der Waals surface area contributed by atoms with Crippen molar-refractivity contribution in [2.24, 2.45) is 11.5 Å². The molecule has 78 valence electrons. The fraction of sp³-hybridized carbons (Fsp3) is 0.800. The molecule has 0 spiro atoms. The van der Waals surface area contributed by atoms with Crippen molar-refractivity contribution in [1.82, 2.24) is 0 Å². The predicted octanol–water partition coefficient (Wildman–Crippen LogP) is -1.09. The predicted molar refractivity (Wildman–Crippen MR) is 45.0 cm³/mol. The molecule has 0 fully saturated rings. The molecule has 0 aliphatic heterocycles. The first-order valence-electron chi connectivity index (χ1n) is 3.48. The zero-order valence-electron chi connectivity index (χ0n) is 7.08. The summed E-state index contributed by atoms with van der Waals surface area (Å²) in [6.45, 7) is 0.748. The Bertz CT molecular complexity index is 231. The average Bonchev–Trinajstić information content (AvgIpc) is 1.99. The zero-order valence-corrected chi connectivity index (χ0v) is 7.98. The molecule has 0 aromatic heterocycles. The maximum Gasteiger partial charge on any atom is 0.344 e. The van der Waals surface area contributed by atoms with Gasteiger partial charge in [-0.05, 0) is 6.92 Å². The van der Waals surface area contributed by atoms with E-state index in [1.165, 1.54) is 6.92 Å². The molecule has 7 nitrogen and oxygen atoms in total. The van der Waals surface area contributed by atoms with E-state index in [2.05, 4.69) is 4.52 Å². The lowest BCUT2D eigenvalue weighted by Crippen LogP contribution is -2.35. The second kappa shape index (κ2) is 4.69. The van der Waals surface area contributed by atoms with Crippen LogP contribution in [0.15, 0.2) is 0 Å². The fourth-order valence-electron chi connectivity index (χ4n) is 0.376. The van der Waals surface area contributed by atoms with Gasteiger partial charge in [0.2, 0.25) is 0 Å². The van der Waals surface area contributed by atoms with E-state index in [-0.39, 0.29) is 0 Å². The topological polar surface area (TPSA) is 136 Å². The summed E-state index contributed by atoms with van der Waals surface area (Å²) in [5.74, 6) is -2.36. The summed E-state index contributed by atoms with van der Waals surface area (Å²) >= 11 is 0. The minimum atomic E-state index is -3.92. The summed E-state index contributed by atoms with van der Waals surface area (Å²) in [7, 11) is -3.92. The SMILES string of the molecule is CC(N)P(=O)(O)OC[C@@H](N)C(=O)O. The van der Waals surface area contributed by atoms with E-state index in [1.807, 2.05) is 0 Å². The van der Waals surface area contributed by atoms with Gasteiger partial charge in [-0.15, -0.1) is 0 Å². The van der Waals surface area contributed by atoms with E-state index < -0.39 is 32.0 Å². The van der Waals surface area contributed by atoms with Gasteiger partial charge in [-0.25, -0.2) is 0 Å². The lowest BCUT2D eigenvalue weighted by Gasteiger charge is -2.16. The van der Waals surface area contributed by atoms with Crippen LogP contribution in [0.2, 0.25) is 0 Å². The molecule has 0 amide bonds. The van der Waals surface area contributed by atoms with Gasteiger partial charge in [-0.3, -0.25) is 9.36 Å². The standard InChI is InChI=1S/C5H13N2O5P/c1-3(6)13(10,11)12-2-4(7)5(8)9/h3-4H,2,6-7H2,1H3,(H,8,9)(H,10,11)/t3?,4-/m1/s1. The molecule has 6 N–H and O–H groups in total. The van der Waals surface area contributed by atoms with Gasteiger partial charge < -0.3 is 26.0 Å². The van der Waals surface area contributed by atoms with Gasteiger partial charge in [-0.2, -0.15) is 0 Å². The van der Waals surface area contributed by atoms with Crippen LogP contribution in [0.25, 0.3) is 0 Å². The number of hydrogen-bond donors (Lipinski definition) is 4. The van der Waals surface area contributed by atoms with Gasteiger partial charge in [0.25, 0.3) is 0 Å². The molecule has 0 rings (SSSR count). The number of carboxylic acids is 1. The Kier molecular flexibility index (Phi) is 4.52. The molecule has 0 aliphatic rings. The van der Waals surface area contributed by atoms with E-state index in [0.717, 1.165) is 0 Å². The molecular formula is C5H13N2O5P. The first-order chi connectivity index (χ1) is 5.77. The molecule has 13 heavy (non-hydrogen) atoms. The van der Waals surface area contributed by atoms with Crippen LogP contribution in [-0.2, 0) is 13.9 Å². The van der Waals surface area contributed by atoms with Gasteiger partial charge in [0.1, 0.15) is 11.8 Å². The van der Waals surface area contributed by atoms with Crippen LogP contribution in [0.1, 0.15) is 6.92 Å². The van der Waals surface area contributed by atoms with Crippen molar-refractivity contribution in [2.45, 2.75) is 18.7 Å². The molecule has 0 aromatic carbocycles. The van der Waals surface area contributed by atoms with Crippen LogP contribution in [0, 0.1) is 0 Å². The van der Waals surface area contributed by atoms with Crippen LogP contribution >= 0.6 is 7.60 Å². The van der Waals surface area contributed by atoms with Crippen molar-refractivity contribution >= 4 is 13.6 Å². The summed E-state index contributed by atoms with van der Waals surface area (Å²) in [6, 6.07) is -1.32. The molecule has 0 heterocycles. The molecule has 3 atom stereocenters. The van der Waals surface area contributed by atoms with E-state index in [0.29, 0.717) is 0 Å². The van der Waals surface area contributed by atoms with Crippen molar-refractivity contribution < 1.29 is 23.9 Å². The number of hydrogen-bond acceptors (Lipinski definition) is 5. The Balaban J connectivity index is 4.03. The van der Waals surface area contributed by atoms with E-state index in [1.54, 1.807) is 0 Å². The Hall–Kier alpha value is -0.460. The molecule has 8 heteroatoms. The lowest BCUT2D eigenvalue weighted by molar-refractivity contribution is -0.139. The van der Waals surface area contributed by atoms with Gasteiger partial charge in [0, 0.05) is 0 Å². The minimum absolute atomic E-state index is 0.537. The van der Waals surface area contributed by atoms with Crippen LogP contribution in [-0.4, -0.2) is 34.4 Å². The maximum absolute atomic E-state index is 11.0. The van der Waals surface area contributed by atoms with E-state index in [4.69, 9.17) is 21.5 Å². The highest BCUT2D eigenvalue weighted by molar-refractivity contribution is 7.53. The van der Waals surface area contributed by atoms with Crippen molar-refractivity contribution in [2.75, 3.05) is 6.61 Å². The highest BCUT2D eigenvalue weighted by Gasteiger charge is 2.27. The van der Waals surface area contributed by atoms with Crippen molar-refractivity contribution in [3.05, 3.63) is 0 Å². The van der Waals surface area contributed by atoms with E-state index >= 15 is 0 Å². The third-order valence-electron chi connectivity index (χ3n) is 1.27. The normalized spacial score (nSPS) is 20.3. The van der Waals surface area contributed by atoms with Crippen molar-refractivity contribution in [1.29, 1.82) is 0 Å². The van der Waals surface area contributed by atoms with Crippen molar-refractivity contribution in [3.8, 4) is 0 Å². The molecule has 0 bridgehead atoms. The fourth-order valence-corrected chi connectivity index (χ4v) is 0.985. The Morgan fingerprint density at radius 2 is 2.08 bits per heavy atom. The Morgan fingerprint density at radius 1 is 1.62 bits per heavy atom. The third-order valence-corrected chi connectivity index (χ3v) is 2.82. The first-order valence-corrected chi connectivity index (χ1v) is 5.13. The van der Waals surface area contributed by atoms with Gasteiger partial charge in [-0.1, -0.05) is 0 Å². The quantitative estimate of drug-likeness (QED) is 0.425. The smallest absolute Gasteiger partial charge is 0.344 e. The Labute approximate surface area is 75.2 Å². The van der Waals surface area contributed by atoms with Gasteiger partial charge in [0.05, 0.1) is 6.61 Å². The van der Waals surface area contributed by atoms with Crippen LogP contribution in [0.3, 0.4) is 0 Å². The monoisotopic (exact) mass is 212 g/mol. The summed E-state index contributed by atoms with van der Waals surface area (Å²) < 4.78 is 15.4. The summed E-state index contributed by atoms with van der Waals surface area (Å²) in [4.78, 5) is 19.2. The van der Waals surface area contributed by atoms with Gasteiger partial charge in [0.15, 0.2) is 0 Å². The summed E-state index contributed by atoms with van der Waals surface area (Å²) in [5, 5.41) is 8.31. The van der Waals surface area contributed by atoms with Crippen LogP contribution in [0.4, 0.5) is 0 Å². The maximum atomic E-state index is 11.0. The molecular weight excluding hydrogens is 199 g/mol. The summed E-state index contributed by atoms with van der Waals surface area (Å²) in [6.07, 6.45) is 0. The van der Waals surface area contributed by atoms with Gasteiger partial charge >= 0.3 is 13.6 Å². The zero-order chi connectivity index (χ0) is 10.6. The van der Waals surface area contributed by atoms with Crippen LogP contribution in [0.5, 0.6) is 0 Å². The number of aliphatic carboxylic acids is 1. The molecule has 0 radical (unpaired) electrons. The Morgan fingerprint density at radius 3 is 2.38 bits per heavy atom. The highest BCUT2D eigenvalue weighted by atomic mass is 31.2. The molecule has 0 saturated heterocycles. The van der Waals surface area contributed by atoms with Crippen molar-refractivity contribution in [3.63, 3.8) is 0 Å². The number of carboxylic acid groups (broad SMARTS) is 1. The minimum Gasteiger partial charge on any atom is -0.480 e. The second-order valence-corrected chi connectivity index (χ2v) is 4.75. The average molecular weight is 212 g/mol. The molecule has 0 saturated carbocycles. The van der Waals surface area contributed by atoms with Crippen LogP contribution < -0.4 is 11.5 Å². The first kappa shape index (κ1) is 12.5. The molecule has 0 aromatic rings. The largest absolute Gasteiger partial charge is 0.480 e. The molecule has 0 aliphatic carbocycles. The number of rotatable bonds is 5. The molecule has 2 unspecified atom stereocenters. The highest BCUT2D eigenvalue weighted by Crippen LogP contribution is 2.44. The lowest BCUT2D eigenvalue weighted by atomic mass is 10.3. The number of carbonyl (C=O) groups is 1. The number of nitrogens with two attached hydrogens (primary N) is 2. The third kappa shape index (κ3) is 4.35. The second-order valence-electron chi connectivity index (χ2n) is 2.55. The summed E-state index contributed by atoms with van der Waals surface area (Å²) in [5.41, 5.74) is 10.1. The van der Waals surface area contributed by atoms with E-state index in [9.17, 15) is 9.36 Å².